The van der Waals surface area contributed by atoms with Crippen LogP contribution in [0.5, 0.6) is 5.75 Å². The molecule has 2 aliphatic rings. The first-order valence-electron chi connectivity index (χ1n) is 20.9. The molecule has 0 atom stereocenters. The number of benzene rings is 4. The average molecular weight is 1030 g/mol. The number of para-hydroxylation sites is 1. The van der Waals surface area contributed by atoms with E-state index in [1.807, 2.05) is 30.3 Å². The molecule has 0 aliphatic carbocycles. The van der Waals surface area contributed by atoms with Crippen LogP contribution in [0.4, 0.5) is 0 Å². The summed E-state index contributed by atoms with van der Waals surface area (Å²) in [4.78, 5) is 38.8. The number of carbonyl (C=O) groups is 3. The van der Waals surface area contributed by atoms with Crippen LogP contribution in [-0.4, -0.2) is 75.3 Å². The van der Waals surface area contributed by atoms with Gasteiger partial charge >= 0.3 is 0 Å². The quantitative estimate of drug-likeness (QED) is 0.102. The predicted molar refractivity (Wildman–Crippen MR) is 260 cm³/mol. The van der Waals surface area contributed by atoms with E-state index in [0.29, 0.717) is 70.5 Å². The number of piperidine rings is 2. The zero-order valence-electron chi connectivity index (χ0n) is 35.3. The normalized spacial score (nSPS) is 15.3. The third-order valence-corrected chi connectivity index (χ3v) is 18.6. The fraction of sp³-hybridized carbons (Fsp3) is 0.255. The Kier molecular flexibility index (Phi) is 16.8. The standard InChI is InChI=1S/C24H22Cl2N2O4S2.C23H23ClN2O4S2/c25-19-5-1-16(2-6-19)23(29)17-11-13-28(14-12-17)34(31,32)22-10-9-21(33-22)15-27-24(30)18-3-7-20(26)8-4-18;24-18-8-6-17(7-9-18)23(27)25-16-21-10-11-22(31-21)32(28,29)26-14-12-20(13-15-26)30-19-4-2-1-3-5-19/h1-10,17H,11-15H2,(H,27,30);1-11,20H,12-16H2,(H,25,27). The molecular weight excluding hydrogens is 983 g/mol. The van der Waals surface area contributed by atoms with Crippen molar-refractivity contribution in [2.45, 2.75) is 53.3 Å². The van der Waals surface area contributed by atoms with Gasteiger partial charge < -0.3 is 15.4 Å². The minimum atomic E-state index is -3.66. The van der Waals surface area contributed by atoms with Gasteiger partial charge in [-0.2, -0.15) is 8.61 Å². The van der Waals surface area contributed by atoms with E-state index in [2.05, 4.69) is 10.6 Å². The van der Waals surface area contributed by atoms with Crippen molar-refractivity contribution < 1.29 is 36.0 Å². The number of halogens is 3. The van der Waals surface area contributed by atoms with Crippen molar-refractivity contribution in [1.29, 1.82) is 0 Å². The van der Waals surface area contributed by atoms with Crippen LogP contribution in [0.3, 0.4) is 0 Å². The Morgan fingerprint density at radius 1 is 0.530 bits per heavy atom. The molecule has 4 heterocycles. The summed E-state index contributed by atoms with van der Waals surface area (Å²) >= 11 is 19.9. The molecule has 2 amide bonds. The van der Waals surface area contributed by atoms with Gasteiger partial charge in [-0.1, -0.05) is 53.0 Å². The summed E-state index contributed by atoms with van der Waals surface area (Å²) in [6.07, 6.45) is 2.23. The first-order chi connectivity index (χ1) is 31.6. The molecule has 2 saturated heterocycles. The summed E-state index contributed by atoms with van der Waals surface area (Å²) in [6, 6.07) is 36.1. The summed E-state index contributed by atoms with van der Waals surface area (Å²) in [5.74, 6) is 0.109. The molecule has 66 heavy (non-hydrogen) atoms. The topological polar surface area (TPSA) is 159 Å². The van der Waals surface area contributed by atoms with E-state index in [1.54, 1.807) is 97.1 Å². The molecule has 8 rings (SSSR count). The molecule has 2 aromatic heterocycles. The molecule has 6 aromatic rings. The van der Waals surface area contributed by atoms with Crippen LogP contribution in [0.15, 0.2) is 136 Å². The van der Waals surface area contributed by atoms with Crippen LogP contribution in [0.1, 0.15) is 66.5 Å². The maximum Gasteiger partial charge on any atom is 0.252 e. The van der Waals surface area contributed by atoms with Gasteiger partial charge in [0.1, 0.15) is 20.3 Å². The first-order valence-corrected chi connectivity index (χ1v) is 26.6. The maximum atomic E-state index is 13.1. The van der Waals surface area contributed by atoms with Gasteiger partial charge in [-0.05, 0) is 135 Å². The zero-order chi connectivity index (χ0) is 46.8. The van der Waals surface area contributed by atoms with Gasteiger partial charge in [0.15, 0.2) is 5.78 Å². The predicted octanol–water partition coefficient (Wildman–Crippen LogP) is 9.83. The average Bonchev–Trinajstić information content (AvgIpc) is 4.03. The lowest BCUT2D eigenvalue weighted by Gasteiger charge is -2.31. The number of nitrogens with zero attached hydrogens (tertiary/aromatic N) is 2. The SMILES string of the molecule is O=C(NCc1ccc(S(=O)(=O)N2CCC(C(=O)c3ccc(Cl)cc3)CC2)s1)c1ccc(Cl)cc1.O=C(NCc1ccc(S(=O)(=O)N2CCC(Oc3ccccc3)CC2)s1)c1ccc(Cl)cc1. The number of ketones is 1. The summed E-state index contributed by atoms with van der Waals surface area (Å²) in [7, 11) is -7.22. The Morgan fingerprint density at radius 3 is 1.35 bits per heavy atom. The fourth-order valence-electron chi connectivity index (χ4n) is 7.27. The molecule has 2 fully saturated rings. The number of rotatable bonds is 14. The monoisotopic (exact) mass is 1030 g/mol. The molecule has 4 aromatic carbocycles. The molecule has 12 nitrogen and oxygen atoms in total. The Bertz CT molecular complexity index is 2830. The van der Waals surface area contributed by atoms with E-state index in [9.17, 15) is 31.2 Å². The number of sulfonamides is 2. The van der Waals surface area contributed by atoms with Crippen molar-refractivity contribution in [3.8, 4) is 5.75 Å². The van der Waals surface area contributed by atoms with Crippen molar-refractivity contribution in [3.05, 3.63) is 169 Å². The maximum absolute atomic E-state index is 13.1. The highest BCUT2D eigenvalue weighted by Crippen LogP contribution is 2.31. The van der Waals surface area contributed by atoms with Gasteiger partial charge in [0.05, 0.1) is 13.1 Å². The summed E-state index contributed by atoms with van der Waals surface area (Å²) in [5.41, 5.74) is 1.57. The molecule has 0 bridgehead atoms. The number of hydrogen-bond donors (Lipinski definition) is 2. The molecule has 0 unspecified atom stereocenters. The third-order valence-electron chi connectivity index (χ3n) is 10.9. The Balaban J connectivity index is 0.000000197. The van der Waals surface area contributed by atoms with Crippen molar-refractivity contribution in [3.63, 3.8) is 0 Å². The number of ether oxygens (including phenoxy) is 1. The van der Waals surface area contributed by atoms with Gasteiger partial charge in [-0.3, -0.25) is 14.4 Å². The van der Waals surface area contributed by atoms with Crippen molar-refractivity contribution in [2.24, 2.45) is 5.92 Å². The van der Waals surface area contributed by atoms with Gasteiger partial charge in [0.25, 0.3) is 31.9 Å². The van der Waals surface area contributed by atoms with E-state index in [-0.39, 0.29) is 64.2 Å². The van der Waals surface area contributed by atoms with E-state index in [4.69, 9.17) is 39.5 Å². The molecule has 2 N–H and O–H groups in total. The van der Waals surface area contributed by atoms with Gasteiger partial charge in [0, 0.05) is 73.6 Å². The second-order valence-corrected chi connectivity index (χ2v) is 23.4. The van der Waals surface area contributed by atoms with E-state index >= 15 is 0 Å². The minimum Gasteiger partial charge on any atom is -0.490 e. The van der Waals surface area contributed by atoms with Gasteiger partial charge in [0.2, 0.25) is 0 Å². The Labute approximate surface area is 407 Å². The van der Waals surface area contributed by atoms with Gasteiger partial charge in [-0.15, -0.1) is 22.7 Å². The second-order valence-electron chi connectivity index (χ2n) is 15.4. The lowest BCUT2D eigenvalue weighted by atomic mass is 9.90. The van der Waals surface area contributed by atoms with E-state index in [1.165, 1.54) is 19.9 Å². The second kappa shape index (κ2) is 22.5. The molecule has 0 spiro atoms. The highest BCUT2D eigenvalue weighted by Gasteiger charge is 2.34. The molecule has 0 saturated carbocycles. The first kappa shape index (κ1) is 49.3. The summed E-state index contributed by atoms with van der Waals surface area (Å²) < 4.78 is 61.7. The number of carbonyl (C=O) groups excluding carboxylic acids is 3. The molecule has 2 aliphatic heterocycles. The lowest BCUT2D eigenvalue weighted by molar-refractivity contribution is 0.0874. The van der Waals surface area contributed by atoms with Gasteiger partial charge in [-0.25, -0.2) is 16.8 Å². The van der Waals surface area contributed by atoms with Crippen LogP contribution < -0.4 is 15.4 Å². The lowest BCUT2D eigenvalue weighted by Crippen LogP contribution is -2.41. The number of thiophene rings is 2. The van der Waals surface area contributed by atoms with E-state index in [0.717, 1.165) is 26.8 Å². The van der Waals surface area contributed by atoms with Crippen LogP contribution >= 0.6 is 57.5 Å². The summed E-state index contributed by atoms with van der Waals surface area (Å²) in [5, 5.41) is 7.27. The number of nitrogens with one attached hydrogen (secondary N) is 2. The molecule has 0 radical (unpaired) electrons. The van der Waals surface area contributed by atoms with Crippen LogP contribution in [-0.2, 0) is 33.1 Å². The van der Waals surface area contributed by atoms with Crippen molar-refractivity contribution in [1.82, 2.24) is 19.2 Å². The summed E-state index contributed by atoms with van der Waals surface area (Å²) in [6.45, 7) is 1.88. The van der Waals surface area contributed by atoms with E-state index < -0.39 is 20.0 Å². The van der Waals surface area contributed by atoms with Crippen LogP contribution in [0.25, 0.3) is 0 Å². The molecular formula is C47H45Cl3N4O8S4. The smallest absolute Gasteiger partial charge is 0.252 e. The number of Topliss-reactive ketones (excluding diaryl/α,β-unsaturated/α-hetero) is 1. The van der Waals surface area contributed by atoms with Crippen LogP contribution in [0.2, 0.25) is 15.1 Å². The highest BCUT2D eigenvalue weighted by atomic mass is 35.5. The molecule has 19 heteroatoms. The number of hydrogen-bond acceptors (Lipinski definition) is 10. The fourth-order valence-corrected chi connectivity index (χ4v) is 13.5. The van der Waals surface area contributed by atoms with Crippen LogP contribution in [0, 0.1) is 5.92 Å². The minimum absolute atomic E-state index is 0.00540. The van der Waals surface area contributed by atoms with Crippen molar-refractivity contribution in [2.75, 3.05) is 26.2 Å². The highest BCUT2D eigenvalue weighted by molar-refractivity contribution is 7.91. The zero-order valence-corrected chi connectivity index (χ0v) is 40.8. The largest absolute Gasteiger partial charge is 0.490 e. The number of amides is 2. The Hall–Kier alpha value is -4.62. The molecule has 346 valence electrons. The Morgan fingerprint density at radius 2 is 0.924 bits per heavy atom. The third kappa shape index (κ3) is 12.9. The van der Waals surface area contributed by atoms with Crippen molar-refractivity contribution >= 4 is 95.1 Å².